The molecule has 0 bridgehead atoms. The molecule has 0 radical (unpaired) electrons. The van der Waals surface area contributed by atoms with Crippen LogP contribution in [-0.4, -0.2) is 4.98 Å². The number of rotatable bonds is 6. The summed E-state index contributed by atoms with van der Waals surface area (Å²) in [5.74, 6) is 0.844. The van der Waals surface area contributed by atoms with Crippen LogP contribution in [0.4, 0.5) is 28.6 Å². The van der Waals surface area contributed by atoms with E-state index in [1.165, 1.54) is 22.3 Å². The Morgan fingerprint density at radius 2 is 1.26 bits per heavy atom. The summed E-state index contributed by atoms with van der Waals surface area (Å²) in [7, 11) is 0. The summed E-state index contributed by atoms with van der Waals surface area (Å²) in [5, 5.41) is 0. The minimum atomic E-state index is 0. The molecule has 0 spiro atoms. The normalized spacial score (nSPS) is 12.8. The topological polar surface area (TPSA) is 22.6 Å². The van der Waals surface area contributed by atoms with E-state index in [-0.39, 0.29) is 21.1 Å². The molecule has 0 aliphatic carbocycles. The Balaban J connectivity index is 0.00000361. The average Bonchev–Trinajstić information content (AvgIpc) is 3.63. The first-order chi connectivity index (χ1) is 24.3. The molecule has 0 amide bonds. The molecular weight excluding hydrogens is 812 g/mol. The molecule has 2 aliphatic heterocycles. The number of aromatic nitrogens is 1. The van der Waals surface area contributed by atoms with E-state index in [4.69, 9.17) is 4.98 Å². The third-order valence-corrected chi connectivity index (χ3v) is 9.71. The Bertz CT molecular complexity index is 2310. The summed E-state index contributed by atoms with van der Waals surface area (Å²) in [6, 6.07) is 60.5. The van der Waals surface area contributed by atoms with Crippen molar-refractivity contribution in [1.82, 2.24) is 4.98 Å². The van der Waals surface area contributed by atoms with Crippen LogP contribution in [0.1, 0.15) is 0 Å². The van der Waals surface area contributed by atoms with Crippen LogP contribution in [-0.2, 0) is 21.1 Å². The van der Waals surface area contributed by atoms with Gasteiger partial charge in [0.15, 0.2) is 0 Å². The minimum Gasteiger partial charge on any atom is -0.500 e. The predicted octanol–water partition coefficient (Wildman–Crippen LogP) is 11.5. The number of hydrogen-bond donors (Lipinski definition) is 0. The van der Waals surface area contributed by atoms with Gasteiger partial charge in [0.2, 0.25) is 0 Å². The molecule has 6 aromatic carbocycles. The van der Waals surface area contributed by atoms with Gasteiger partial charge in [-0.3, -0.25) is 0 Å². The Labute approximate surface area is 311 Å². The summed E-state index contributed by atoms with van der Waals surface area (Å²) < 4.78 is 0. The van der Waals surface area contributed by atoms with Crippen molar-refractivity contribution < 1.29 is 21.1 Å². The Kier molecular flexibility index (Phi) is 8.85. The maximum atomic E-state index is 4.86. The van der Waals surface area contributed by atoms with E-state index in [2.05, 4.69) is 167 Å². The monoisotopic (exact) mass is 840 g/mol. The van der Waals surface area contributed by atoms with Gasteiger partial charge in [-0.25, -0.2) is 4.98 Å². The first-order valence-corrected chi connectivity index (χ1v) is 17.0. The smallest absolute Gasteiger partial charge is 0.135 e. The average molecular weight is 841 g/mol. The molecule has 0 fully saturated rings. The standard InChI is InChI=1S/C44H29N4S.Pt/c1-3-12-32(13-4-1)33-21-24-42-41(28-33)39-19-8-7-18-38(39)40-23-22-37(30-43(40)48(42)44-20-9-10-25-45-44)49-36-17-11-16-35(29-36)47-27-26-46(31-47)34-14-5-2-6-15-34;/h1-28,31H;/q-3;. The van der Waals surface area contributed by atoms with E-state index in [1.54, 1.807) is 11.8 Å². The van der Waals surface area contributed by atoms with Crippen LogP contribution in [0.2, 0.25) is 0 Å². The molecule has 244 valence electrons. The van der Waals surface area contributed by atoms with Crippen molar-refractivity contribution in [1.29, 1.82) is 0 Å². The van der Waals surface area contributed by atoms with Gasteiger partial charge < -0.3 is 14.7 Å². The predicted molar refractivity (Wildman–Crippen MR) is 202 cm³/mol. The zero-order valence-corrected chi connectivity index (χ0v) is 29.8. The maximum absolute atomic E-state index is 4.86. The Morgan fingerprint density at radius 1 is 0.540 bits per heavy atom. The Morgan fingerprint density at radius 3 is 2.06 bits per heavy atom. The molecule has 1 aromatic heterocycles. The first kappa shape index (κ1) is 31.9. The van der Waals surface area contributed by atoms with E-state index in [0.29, 0.717) is 0 Å². The summed E-state index contributed by atoms with van der Waals surface area (Å²) in [4.78, 5) is 13.3. The molecule has 0 saturated carbocycles. The number of nitrogens with zero attached hydrogens (tertiary/aromatic N) is 4. The fourth-order valence-electron chi connectivity index (χ4n) is 6.49. The van der Waals surface area contributed by atoms with Gasteiger partial charge in [0.25, 0.3) is 0 Å². The molecule has 3 heterocycles. The van der Waals surface area contributed by atoms with Crippen molar-refractivity contribution in [2.75, 3.05) is 14.7 Å². The van der Waals surface area contributed by atoms with Crippen LogP contribution in [0, 0.1) is 18.8 Å². The summed E-state index contributed by atoms with van der Waals surface area (Å²) in [6.07, 6.45) is 5.98. The van der Waals surface area contributed by atoms with E-state index >= 15 is 0 Å². The molecular formula is C44H29N4PtS-3. The molecule has 0 N–H and O–H groups in total. The Hall–Kier alpha value is -5.35. The molecule has 7 aromatic rings. The van der Waals surface area contributed by atoms with Gasteiger partial charge in [-0.05, 0) is 65.5 Å². The largest absolute Gasteiger partial charge is 0.500 e. The maximum Gasteiger partial charge on any atom is 0.135 e. The SMILES string of the molecule is [Pt].[c-]1c(Sc2[c-]c3c(cc2)-c2ccccc2-c2cc(-c4ccccc4)ccc2N3c2ccccn2)cccc1N1C=CN(c2ccccc2)[CH-]1. The van der Waals surface area contributed by atoms with Gasteiger partial charge in [0.05, 0.1) is 5.69 Å². The van der Waals surface area contributed by atoms with Crippen molar-refractivity contribution in [2.24, 2.45) is 0 Å². The third kappa shape index (κ3) is 6.04. The van der Waals surface area contributed by atoms with Crippen LogP contribution in [0.15, 0.2) is 180 Å². The van der Waals surface area contributed by atoms with Gasteiger partial charge in [-0.2, -0.15) is 30.3 Å². The fourth-order valence-corrected chi connectivity index (χ4v) is 7.31. The summed E-state index contributed by atoms with van der Waals surface area (Å²) >= 11 is 1.66. The molecule has 50 heavy (non-hydrogen) atoms. The number of pyridine rings is 1. The number of para-hydroxylation sites is 1. The van der Waals surface area contributed by atoms with Crippen LogP contribution in [0.3, 0.4) is 0 Å². The van der Waals surface area contributed by atoms with Gasteiger partial charge in [-0.15, -0.1) is 51.6 Å². The molecule has 6 heteroatoms. The van der Waals surface area contributed by atoms with Gasteiger partial charge in [0, 0.05) is 38.5 Å². The fraction of sp³-hybridized carbons (Fsp3) is 0. The summed E-state index contributed by atoms with van der Waals surface area (Å²) in [5.41, 5.74) is 11.1. The second-order valence-corrected chi connectivity index (χ2v) is 12.9. The van der Waals surface area contributed by atoms with Crippen LogP contribution < -0.4 is 14.7 Å². The van der Waals surface area contributed by atoms with Crippen molar-refractivity contribution in [3.8, 4) is 33.4 Å². The van der Waals surface area contributed by atoms with E-state index in [9.17, 15) is 0 Å². The molecule has 4 nitrogen and oxygen atoms in total. The van der Waals surface area contributed by atoms with Crippen LogP contribution in [0.25, 0.3) is 33.4 Å². The molecule has 9 rings (SSSR count). The van der Waals surface area contributed by atoms with Gasteiger partial charge in [0.1, 0.15) is 5.82 Å². The zero-order valence-electron chi connectivity index (χ0n) is 26.8. The second-order valence-electron chi connectivity index (χ2n) is 11.8. The van der Waals surface area contributed by atoms with E-state index in [1.807, 2.05) is 36.5 Å². The van der Waals surface area contributed by atoms with E-state index in [0.717, 1.165) is 49.5 Å². The molecule has 0 unspecified atom stereocenters. The van der Waals surface area contributed by atoms with Crippen LogP contribution >= 0.6 is 11.8 Å². The molecule has 0 saturated heterocycles. The third-order valence-electron chi connectivity index (χ3n) is 8.79. The van der Waals surface area contributed by atoms with Crippen molar-refractivity contribution >= 4 is 40.3 Å². The van der Waals surface area contributed by atoms with Gasteiger partial charge in [-0.1, -0.05) is 96.2 Å². The van der Waals surface area contributed by atoms with Crippen molar-refractivity contribution in [2.45, 2.75) is 9.79 Å². The quantitative estimate of drug-likeness (QED) is 0.155. The number of hydrogen-bond acceptors (Lipinski definition) is 5. The van der Waals surface area contributed by atoms with E-state index < -0.39 is 0 Å². The summed E-state index contributed by atoms with van der Waals surface area (Å²) in [6.45, 7) is 2.08. The minimum absolute atomic E-state index is 0. The number of benzene rings is 6. The second kappa shape index (κ2) is 13.9. The zero-order chi connectivity index (χ0) is 32.6. The van der Waals surface area contributed by atoms with Gasteiger partial charge >= 0.3 is 0 Å². The van der Waals surface area contributed by atoms with Crippen molar-refractivity contribution in [3.05, 3.63) is 189 Å². The van der Waals surface area contributed by atoms with Crippen LogP contribution in [0.5, 0.6) is 0 Å². The number of anilines is 5. The first-order valence-electron chi connectivity index (χ1n) is 16.2. The molecule has 0 atom stereocenters. The number of fused-ring (bicyclic) bond motifs is 5. The van der Waals surface area contributed by atoms with Crippen molar-refractivity contribution in [3.63, 3.8) is 0 Å². The molecule has 2 aliphatic rings.